The van der Waals surface area contributed by atoms with Crippen molar-refractivity contribution < 1.29 is 13.2 Å². The van der Waals surface area contributed by atoms with Gasteiger partial charge in [0, 0.05) is 10.7 Å². The van der Waals surface area contributed by atoms with Gasteiger partial charge in [-0.05, 0) is 61.7 Å². The van der Waals surface area contributed by atoms with E-state index >= 15 is 0 Å². The van der Waals surface area contributed by atoms with Crippen molar-refractivity contribution in [2.45, 2.75) is 25.7 Å². The molecule has 0 spiro atoms. The Hall–Kier alpha value is -1.52. The second-order valence-corrected chi connectivity index (χ2v) is 7.20. The quantitative estimate of drug-likeness (QED) is 0.792. The van der Waals surface area contributed by atoms with E-state index in [0.717, 1.165) is 11.1 Å². The Morgan fingerprint density at radius 3 is 2.10 bits per heavy atom. The minimum absolute atomic E-state index is 0.0300. The smallest absolute Gasteiger partial charge is 0.265 e. The molecule has 0 atom stereocenters. The van der Waals surface area contributed by atoms with Crippen molar-refractivity contribution in [1.29, 1.82) is 0 Å². The fourth-order valence-corrected chi connectivity index (χ4v) is 2.89. The van der Waals surface area contributed by atoms with Crippen molar-refractivity contribution >= 4 is 19.7 Å². The van der Waals surface area contributed by atoms with Crippen LogP contribution in [0.15, 0.2) is 41.3 Å². The Kier molecular flexibility index (Phi) is 4.06. The van der Waals surface area contributed by atoms with Crippen molar-refractivity contribution in [2.75, 3.05) is 0 Å². The summed E-state index contributed by atoms with van der Waals surface area (Å²) in [5.74, 6) is 0.823. The predicted octanol–water partition coefficient (Wildman–Crippen LogP) is 4.33. The molecule has 0 aromatic heterocycles. The molecule has 0 bridgehead atoms. The third-order valence-electron chi connectivity index (χ3n) is 3.24. The van der Waals surface area contributed by atoms with Crippen LogP contribution in [0.25, 0.3) is 0 Å². The van der Waals surface area contributed by atoms with Gasteiger partial charge in [0.25, 0.3) is 9.05 Å². The van der Waals surface area contributed by atoms with Gasteiger partial charge in [0.05, 0.1) is 0 Å². The molecule has 0 aliphatic heterocycles. The average molecular weight is 311 g/mol. The summed E-state index contributed by atoms with van der Waals surface area (Å²) in [5.41, 5.74) is 3.37. The Bertz CT molecular complexity index is 728. The van der Waals surface area contributed by atoms with Gasteiger partial charge in [0.1, 0.15) is 16.4 Å². The fourth-order valence-electron chi connectivity index (χ4n) is 1.92. The van der Waals surface area contributed by atoms with E-state index < -0.39 is 9.05 Å². The maximum atomic E-state index is 11.5. The standard InChI is InChI=1S/C15H15ClO3S/c1-10-8-13(9-11(2)12(10)3)19-14-6-4-5-7-15(14)20(16,17)18/h4-9H,1-3H3. The molecule has 20 heavy (non-hydrogen) atoms. The molecule has 3 nitrogen and oxygen atoms in total. The Balaban J connectivity index is 2.46. The van der Waals surface area contributed by atoms with E-state index in [2.05, 4.69) is 0 Å². The first-order chi connectivity index (χ1) is 9.29. The molecule has 0 amide bonds. The zero-order valence-corrected chi connectivity index (χ0v) is 13.0. The normalized spacial score (nSPS) is 11.4. The molecule has 106 valence electrons. The summed E-state index contributed by atoms with van der Waals surface area (Å²) in [4.78, 5) is -0.0300. The number of benzene rings is 2. The first kappa shape index (κ1) is 14.9. The van der Waals surface area contributed by atoms with Gasteiger partial charge >= 0.3 is 0 Å². The highest BCUT2D eigenvalue weighted by Gasteiger charge is 2.17. The maximum absolute atomic E-state index is 11.5. The van der Waals surface area contributed by atoms with Gasteiger partial charge in [0.15, 0.2) is 0 Å². The molecule has 0 fully saturated rings. The highest BCUT2D eigenvalue weighted by atomic mass is 35.7. The molecular formula is C15H15ClO3S. The molecular weight excluding hydrogens is 296 g/mol. The second-order valence-electron chi connectivity index (χ2n) is 4.67. The first-order valence-electron chi connectivity index (χ1n) is 6.08. The molecule has 0 saturated carbocycles. The van der Waals surface area contributed by atoms with Crippen molar-refractivity contribution in [3.63, 3.8) is 0 Å². The number of rotatable bonds is 3. The van der Waals surface area contributed by atoms with Crippen molar-refractivity contribution in [2.24, 2.45) is 0 Å². The number of halogens is 1. The zero-order chi connectivity index (χ0) is 14.9. The molecule has 0 aliphatic rings. The van der Waals surface area contributed by atoms with Crippen LogP contribution in [-0.2, 0) is 9.05 Å². The lowest BCUT2D eigenvalue weighted by atomic mass is 10.0. The largest absolute Gasteiger partial charge is 0.456 e. The van der Waals surface area contributed by atoms with Crippen LogP contribution >= 0.6 is 10.7 Å². The van der Waals surface area contributed by atoms with Gasteiger partial charge in [-0.15, -0.1) is 0 Å². The van der Waals surface area contributed by atoms with Crippen molar-refractivity contribution in [3.05, 3.63) is 53.1 Å². The number of para-hydroxylation sites is 1. The molecule has 2 aromatic rings. The Labute approximate surface area is 123 Å². The average Bonchev–Trinajstić information content (AvgIpc) is 2.35. The van der Waals surface area contributed by atoms with E-state index in [-0.39, 0.29) is 10.6 Å². The molecule has 5 heteroatoms. The van der Waals surface area contributed by atoms with Gasteiger partial charge in [-0.1, -0.05) is 12.1 Å². The third kappa shape index (κ3) is 3.14. The third-order valence-corrected chi connectivity index (χ3v) is 4.60. The van der Waals surface area contributed by atoms with Crippen LogP contribution in [0.5, 0.6) is 11.5 Å². The number of hydrogen-bond donors (Lipinski definition) is 0. The lowest BCUT2D eigenvalue weighted by molar-refractivity contribution is 0.467. The minimum Gasteiger partial charge on any atom is -0.456 e. The van der Waals surface area contributed by atoms with Gasteiger partial charge in [-0.25, -0.2) is 8.42 Å². The van der Waals surface area contributed by atoms with Crippen LogP contribution in [0.2, 0.25) is 0 Å². The summed E-state index contributed by atoms with van der Waals surface area (Å²) in [6.07, 6.45) is 0. The van der Waals surface area contributed by atoms with E-state index in [1.807, 2.05) is 32.9 Å². The predicted molar refractivity (Wildman–Crippen MR) is 80.2 cm³/mol. The monoisotopic (exact) mass is 310 g/mol. The van der Waals surface area contributed by atoms with Gasteiger partial charge in [-0.2, -0.15) is 0 Å². The van der Waals surface area contributed by atoms with Crippen LogP contribution in [0, 0.1) is 20.8 Å². The lowest BCUT2D eigenvalue weighted by Gasteiger charge is -2.12. The van der Waals surface area contributed by atoms with Crippen LogP contribution in [0.4, 0.5) is 0 Å². The molecule has 0 N–H and O–H groups in total. The summed E-state index contributed by atoms with van der Waals surface area (Å²) >= 11 is 0. The SMILES string of the molecule is Cc1cc(Oc2ccccc2S(=O)(=O)Cl)cc(C)c1C. The first-order valence-corrected chi connectivity index (χ1v) is 8.39. The van der Waals surface area contributed by atoms with Gasteiger partial charge in [0.2, 0.25) is 0 Å². The Morgan fingerprint density at radius 1 is 1.00 bits per heavy atom. The van der Waals surface area contributed by atoms with Crippen LogP contribution in [0.3, 0.4) is 0 Å². The molecule has 0 saturated heterocycles. The van der Waals surface area contributed by atoms with Gasteiger partial charge in [-0.3, -0.25) is 0 Å². The number of hydrogen-bond acceptors (Lipinski definition) is 3. The van der Waals surface area contributed by atoms with Gasteiger partial charge < -0.3 is 4.74 Å². The van der Waals surface area contributed by atoms with E-state index in [9.17, 15) is 8.42 Å². The molecule has 2 rings (SSSR count). The number of ether oxygens (including phenoxy) is 1. The van der Waals surface area contributed by atoms with Crippen LogP contribution in [0.1, 0.15) is 16.7 Å². The van der Waals surface area contributed by atoms with E-state index in [1.54, 1.807) is 18.2 Å². The highest BCUT2D eigenvalue weighted by Crippen LogP contribution is 2.32. The molecule has 0 unspecified atom stereocenters. The Morgan fingerprint density at radius 2 is 1.55 bits per heavy atom. The van der Waals surface area contributed by atoms with Crippen LogP contribution in [-0.4, -0.2) is 8.42 Å². The van der Waals surface area contributed by atoms with E-state index in [0.29, 0.717) is 5.75 Å². The molecule has 0 aliphatic carbocycles. The van der Waals surface area contributed by atoms with Crippen molar-refractivity contribution in [1.82, 2.24) is 0 Å². The second kappa shape index (κ2) is 5.46. The van der Waals surface area contributed by atoms with Crippen LogP contribution < -0.4 is 4.74 Å². The number of aryl methyl sites for hydroxylation is 2. The summed E-state index contributed by atoms with van der Waals surface area (Å²) in [5, 5.41) is 0. The lowest BCUT2D eigenvalue weighted by Crippen LogP contribution is -1.96. The summed E-state index contributed by atoms with van der Waals surface area (Å²) in [6, 6.07) is 10.1. The maximum Gasteiger partial charge on any atom is 0.265 e. The van der Waals surface area contributed by atoms with E-state index in [1.165, 1.54) is 11.6 Å². The molecule has 0 heterocycles. The summed E-state index contributed by atoms with van der Waals surface area (Å²) < 4.78 is 28.7. The summed E-state index contributed by atoms with van der Waals surface area (Å²) in [6.45, 7) is 6.00. The molecule has 0 radical (unpaired) electrons. The summed E-state index contributed by atoms with van der Waals surface area (Å²) in [7, 11) is 1.58. The van der Waals surface area contributed by atoms with Crippen molar-refractivity contribution in [3.8, 4) is 11.5 Å². The zero-order valence-electron chi connectivity index (χ0n) is 11.5. The minimum atomic E-state index is -3.83. The molecule has 2 aromatic carbocycles. The fraction of sp³-hybridized carbons (Fsp3) is 0.200. The topological polar surface area (TPSA) is 43.4 Å². The van der Waals surface area contributed by atoms with E-state index in [4.69, 9.17) is 15.4 Å². The highest BCUT2D eigenvalue weighted by molar-refractivity contribution is 8.13.